The number of carbonyl (C=O) groups is 2. The summed E-state index contributed by atoms with van der Waals surface area (Å²) in [4.78, 5) is 23.1. The van der Waals surface area contributed by atoms with Gasteiger partial charge in [-0.25, -0.2) is 4.79 Å². The van der Waals surface area contributed by atoms with Gasteiger partial charge in [0.2, 0.25) is 0 Å². The molecular weight excluding hydrogens is 399 g/mol. The second-order valence-corrected chi connectivity index (χ2v) is 5.18. The predicted octanol–water partition coefficient (Wildman–Crippen LogP) is 2.97. The van der Waals surface area contributed by atoms with Crippen molar-refractivity contribution in [3.05, 3.63) is 32.9 Å². The number of esters is 1. The fourth-order valence-electron chi connectivity index (χ4n) is 1.38. The lowest BCUT2D eigenvalue weighted by Crippen LogP contribution is -2.12. The van der Waals surface area contributed by atoms with Crippen LogP contribution in [0.15, 0.2) is 18.2 Å². The van der Waals surface area contributed by atoms with Crippen LogP contribution in [0.1, 0.15) is 22.8 Å². The molecule has 92 valence electrons. The van der Waals surface area contributed by atoms with Crippen LogP contribution in [0.25, 0.3) is 0 Å². The van der Waals surface area contributed by atoms with Crippen molar-refractivity contribution in [3.8, 4) is 0 Å². The topological polar surface area (TPSA) is 43.4 Å². The van der Waals surface area contributed by atoms with Crippen molar-refractivity contribution in [2.45, 2.75) is 13.3 Å². The average Bonchev–Trinajstić information content (AvgIpc) is 2.29. The summed E-state index contributed by atoms with van der Waals surface area (Å²) in [7, 11) is 0. The number of rotatable bonds is 5. The number of Topliss-reactive ketones (excluding diaryl/α,β-unsaturated/α-hetero) is 1. The van der Waals surface area contributed by atoms with Crippen LogP contribution in [0.2, 0.25) is 0 Å². The third-order valence-electron chi connectivity index (χ3n) is 2.10. The van der Waals surface area contributed by atoms with E-state index in [0.717, 1.165) is 9.13 Å². The zero-order chi connectivity index (χ0) is 12.8. The standard InChI is InChI=1S/C12H12BrIO3/c1-2-17-12(16)11-4-3-9(14)5-8(11)6-10(15)7-13/h3-5H,2,6-7H2,1H3. The number of alkyl halides is 1. The lowest BCUT2D eigenvalue weighted by atomic mass is 10.0. The van der Waals surface area contributed by atoms with Crippen molar-refractivity contribution < 1.29 is 14.3 Å². The molecule has 0 heterocycles. The van der Waals surface area contributed by atoms with Gasteiger partial charge in [-0.15, -0.1) is 0 Å². The van der Waals surface area contributed by atoms with E-state index in [1.54, 1.807) is 13.0 Å². The smallest absolute Gasteiger partial charge is 0.338 e. The Morgan fingerprint density at radius 2 is 2.12 bits per heavy atom. The Morgan fingerprint density at radius 3 is 2.71 bits per heavy atom. The maximum atomic E-state index is 11.7. The molecule has 0 unspecified atom stereocenters. The van der Waals surface area contributed by atoms with Gasteiger partial charge in [-0.05, 0) is 53.3 Å². The first-order chi connectivity index (χ1) is 8.08. The van der Waals surface area contributed by atoms with E-state index in [-0.39, 0.29) is 18.2 Å². The van der Waals surface area contributed by atoms with E-state index in [1.807, 2.05) is 12.1 Å². The van der Waals surface area contributed by atoms with Crippen LogP contribution in [0.5, 0.6) is 0 Å². The van der Waals surface area contributed by atoms with Crippen LogP contribution >= 0.6 is 38.5 Å². The third-order valence-corrected chi connectivity index (χ3v) is 3.40. The van der Waals surface area contributed by atoms with Crippen LogP contribution in [-0.4, -0.2) is 23.7 Å². The van der Waals surface area contributed by atoms with Crippen molar-refractivity contribution in [2.75, 3.05) is 11.9 Å². The average molecular weight is 411 g/mol. The van der Waals surface area contributed by atoms with E-state index in [2.05, 4.69) is 38.5 Å². The van der Waals surface area contributed by atoms with Crippen LogP contribution < -0.4 is 0 Å². The fraction of sp³-hybridized carbons (Fsp3) is 0.333. The lowest BCUT2D eigenvalue weighted by molar-refractivity contribution is -0.115. The number of ether oxygens (including phenoxy) is 1. The Bertz CT molecular complexity index is 432. The number of hydrogen-bond donors (Lipinski definition) is 0. The maximum absolute atomic E-state index is 11.7. The highest BCUT2D eigenvalue weighted by Crippen LogP contribution is 2.16. The molecule has 0 saturated heterocycles. The molecule has 0 radical (unpaired) electrons. The number of carbonyl (C=O) groups excluding carboxylic acids is 2. The van der Waals surface area contributed by atoms with Gasteiger partial charge in [0, 0.05) is 9.99 Å². The van der Waals surface area contributed by atoms with E-state index in [0.29, 0.717) is 17.5 Å². The normalized spacial score (nSPS) is 10.1. The number of halogens is 2. The SMILES string of the molecule is CCOC(=O)c1ccc(I)cc1CC(=O)CBr. The van der Waals surface area contributed by atoms with Crippen LogP contribution in [0.4, 0.5) is 0 Å². The van der Waals surface area contributed by atoms with Crippen molar-refractivity contribution in [3.63, 3.8) is 0 Å². The minimum absolute atomic E-state index is 0.0394. The van der Waals surface area contributed by atoms with E-state index in [9.17, 15) is 9.59 Å². The molecule has 1 aromatic carbocycles. The minimum atomic E-state index is -0.374. The molecule has 0 saturated carbocycles. The summed E-state index contributed by atoms with van der Waals surface area (Å²) in [6.07, 6.45) is 0.246. The fourth-order valence-corrected chi connectivity index (χ4v) is 2.13. The zero-order valence-electron chi connectivity index (χ0n) is 9.33. The van der Waals surface area contributed by atoms with Gasteiger partial charge >= 0.3 is 5.97 Å². The molecule has 0 aromatic heterocycles. The summed E-state index contributed by atoms with van der Waals surface area (Å²) in [6, 6.07) is 5.37. The van der Waals surface area contributed by atoms with Crippen LogP contribution in [0.3, 0.4) is 0 Å². The van der Waals surface area contributed by atoms with Gasteiger partial charge in [0.1, 0.15) is 5.78 Å². The van der Waals surface area contributed by atoms with Crippen molar-refractivity contribution in [1.82, 2.24) is 0 Å². The van der Waals surface area contributed by atoms with Crippen molar-refractivity contribution in [1.29, 1.82) is 0 Å². The quantitative estimate of drug-likeness (QED) is 0.425. The third kappa shape index (κ3) is 4.39. The summed E-state index contributed by atoms with van der Waals surface area (Å²) in [5.41, 5.74) is 1.20. The van der Waals surface area contributed by atoms with E-state index < -0.39 is 0 Å². The molecule has 0 aliphatic heterocycles. The van der Waals surface area contributed by atoms with Gasteiger partial charge in [-0.2, -0.15) is 0 Å². The monoisotopic (exact) mass is 410 g/mol. The molecule has 0 fully saturated rings. The molecule has 3 nitrogen and oxygen atoms in total. The predicted molar refractivity (Wildman–Crippen MR) is 77.6 cm³/mol. The first kappa shape index (κ1) is 14.6. The molecule has 0 aliphatic carbocycles. The second kappa shape index (κ2) is 7.10. The highest BCUT2D eigenvalue weighted by Gasteiger charge is 2.14. The molecular formula is C12H12BrIO3. The van der Waals surface area contributed by atoms with E-state index >= 15 is 0 Å². The Morgan fingerprint density at radius 1 is 1.41 bits per heavy atom. The summed E-state index contributed by atoms with van der Waals surface area (Å²) in [6.45, 7) is 2.09. The van der Waals surface area contributed by atoms with Gasteiger partial charge in [-0.1, -0.05) is 15.9 Å². The highest BCUT2D eigenvalue weighted by molar-refractivity contribution is 14.1. The molecule has 0 N–H and O–H groups in total. The summed E-state index contributed by atoms with van der Waals surface area (Å²) < 4.78 is 5.95. The Balaban J connectivity index is 3.03. The second-order valence-electron chi connectivity index (χ2n) is 3.37. The van der Waals surface area contributed by atoms with Gasteiger partial charge in [0.25, 0.3) is 0 Å². The van der Waals surface area contributed by atoms with E-state index in [1.165, 1.54) is 0 Å². The largest absolute Gasteiger partial charge is 0.462 e. The van der Waals surface area contributed by atoms with Crippen molar-refractivity contribution in [2.24, 2.45) is 0 Å². The van der Waals surface area contributed by atoms with Gasteiger partial charge < -0.3 is 4.74 Å². The highest BCUT2D eigenvalue weighted by atomic mass is 127. The molecule has 5 heteroatoms. The molecule has 0 aliphatic rings. The number of hydrogen-bond acceptors (Lipinski definition) is 3. The Kier molecular flexibility index (Phi) is 6.11. The first-order valence-corrected chi connectivity index (χ1v) is 7.31. The molecule has 1 aromatic rings. The molecule has 0 amide bonds. The van der Waals surface area contributed by atoms with Crippen LogP contribution in [0, 0.1) is 3.57 Å². The number of benzene rings is 1. The minimum Gasteiger partial charge on any atom is -0.462 e. The van der Waals surface area contributed by atoms with Gasteiger partial charge in [-0.3, -0.25) is 4.79 Å². The molecule has 1 rings (SSSR count). The summed E-state index contributed by atoms with van der Waals surface area (Å²) in [5.74, 6) is -0.334. The molecule has 0 atom stereocenters. The van der Waals surface area contributed by atoms with E-state index in [4.69, 9.17) is 4.74 Å². The molecule has 17 heavy (non-hydrogen) atoms. The molecule has 0 spiro atoms. The number of ketones is 1. The first-order valence-electron chi connectivity index (χ1n) is 5.11. The van der Waals surface area contributed by atoms with Gasteiger partial charge in [0.15, 0.2) is 0 Å². The van der Waals surface area contributed by atoms with Crippen molar-refractivity contribution >= 4 is 50.3 Å². The summed E-state index contributed by atoms with van der Waals surface area (Å²) in [5, 5.41) is 0.292. The lowest BCUT2D eigenvalue weighted by Gasteiger charge is -2.08. The Hall–Kier alpha value is -0.430. The zero-order valence-corrected chi connectivity index (χ0v) is 13.1. The van der Waals surface area contributed by atoms with Crippen LogP contribution in [-0.2, 0) is 16.0 Å². The Labute approximate surface area is 122 Å². The summed E-state index contributed by atoms with van der Waals surface area (Å²) >= 11 is 5.27. The van der Waals surface area contributed by atoms with Gasteiger partial charge in [0.05, 0.1) is 17.5 Å². The molecule has 0 bridgehead atoms. The maximum Gasteiger partial charge on any atom is 0.338 e.